The molecular formula is C18H34N2O. The Morgan fingerprint density at radius 1 is 1.29 bits per heavy atom. The first-order chi connectivity index (χ1) is 10.1. The fourth-order valence-corrected chi connectivity index (χ4v) is 4.12. The lowest BCUT2D eigenvalue weighted by atomic mass is 9.74. The maximum Gasteiger partial charge on any atom is 0.222 e. The van der Waals surface area contributed by atoms with Crippen molar-refractivity contribution in [2.75, 3.05) is 26.2 Å². The largest absolute Gasteiger partial charge is 0.343 e. The van der Waals surface area contributed by atoms with Crippen LogP contribution in [0.15, 0.2) is 0 Å². The third-order valence-electron chi connectivity index (χ3n) is 6.31. The molecule has 1 amide bonds. The van der Waals surface area contributed by atoms with E-state index >= 15 is 0 Å². The first kappa shape index (κ1) is 16.8. The van der Waals surface area contributed by atoms with E-state index in [1.165, 1.54) is 38.5 Å². The zero-order valence-electron chi connectivity index (χ0n) is 14.3. The molecule has 2 aliphatic heterocycles. The predicted molar refractivity (Wildman–Crippen MR) is 88.2 cm³/mol. The lowest BCUT2D eigenvalue weighted by Crippen LogP contribution is -2.44. The number of carbonyl (C=O) groups excluding carboxylic acids is 1. The average Bonchev–Trinajstić information content (AvgIpc) is 2.55. The number of hydrogen-bond acceptors (Lipinski definition) is 2. The molecule has 0 aliphatic carbocycles. The molecule has 0 aromatic heterocycles. The first-order valence-corrected chi connectivity index (χ1v) is 9.08. The number of likely N-dealkylation sites (tertiary alicyclic amines) is 1. The zero-order chi connectivity index (χ0) is 15.3. The molecule has 1 N–H and O–H groups in total. The van der Waals surface area contributed by atoms with E-state index in [9.17, 15) is 4.79 Å². The van der Waals surface area contributed by atoms with Gasteiger partial charge in [0, 0.05) is 19.5 Å². The van der Waals surface area contributed by atoms with Crippen LogP contribution in [-0.2, 0) is 4.79 Å². The zero-order valence-corrected chi connectivity index (χ0v) is 14.3. The summed E-state index contributed by atoms with van der Waals surface area (Å²) < 4.78 is 0. The molecule has 3 nitrogen and oxygen atoms in total. The molecule has 0 radical (unpaired) electrons. The van der Waals surface area contributed by atoms with E-state index in [0.717, 1.165) is 32.6 Å². The van der Waals surface area contributed by atoms with Crippen molar-refractivity contribution in [3.8, 4) is 0 Å². The summed E-state index contributed by atoms with van der Waals surface area (Å²) in [7, 11) is 0. The van der Waals surface area contributed by atoms with Crippen molar-refractivity contribution < 1.29 is 4.79 Å². The van der Waals surface area contributed by atoms with E-state index in [-0.39, 0.29) is 0 Å². The predicted octanol–water partition coefficient (Wildman–Crippen LogP) is 3.44. The Labute approximate surface area is 130 Å². The second-order valence-corrected chi connectivity index (χ2v) is 7.38. The Morgan fingerprint density at radius 2 is 1.95 bits per heavy atom. The number of amides is 1. The number of rotatable bonds is 5. The van der Waals surface area contributed by atoms with E-state index in [1.807, 2.05) is 0 Å². The van der Waals surface area contributed by atoms with Crippen molar-refractivity contribution in [3.63, 3.8) is 0 Å². The summed E-state index contributed by atoms with van der Waals surface area (Å²) in [6.07, 6.45) is 8.22. The SMILES string of the molecule is CCC1(CC)CCN(C(=O)CC(C)C2CCCNC2)CC1. The van der Waals surface area contributed by atoms with E-state index in [2.05, 4.69) is 31.0 Å². The van der Waals surface area contributed by atoms with Crippen LogP contribution in [0.5, 0.6) is 0 Å². The fraction of sp³-hybridized carbons (Fsp3) is 0.944. The summed E-state index contributed by atoms with van der Waals surface area (Å²) in [4.78, 5) is 14.7. The quantitative estimate of drug-likeness (QED) is 0.842. The average molecular weight is 294 g/mol. The molecule has 2 atom stereocenters. The summed E-state index contributed by atoms with van der Waals surface area (Å²) in [5.74, 6) is 1.61. The van der Waals surface area contributed by atoms with Gasteiger partial charge >= 0.3 is 0 Å². The second-order valence-electron chi connectivity index (χ2n) is 7.38. The highest BCUT2D eigenvalue weighted by molar-refractivity contribution is 5.76. The molecule has 2 saturated heterocycles. The first-order valence-electron chi connectivity index (χ1n) is 9.08. The monoisotopic (exact) mass is 294 g/mol. The number of piperidine rings is 2. The summed E-state index contributed by atoms with van der Waals surface area (Å²) in [6, 6.07) is 0. The van der Waals surface area contributed by atoms with Gasteiger partial charge in [0.2, 0.25) is 5.91 Å². The molecule has 0 bridgehead atoms. The molecule has 0 saturated carbocycles. The highest BCUT2D eigenvalue weighted by Gasteiger charge is 2.33. The van der Waals surface area contributed by atoms with Crippen molar-refractivity contribution in [1.29, 1.82) is 0 Å². The lowest BCUT2D eigenvalue weighted by Gasteiger charge is -2.41. The highest BCUT2D eigenvalue weighted by atomic mass is 16.2. The van der Waals surface area contributed by atoms with Gasteiger partial charge in [-0.05, 0) is 56.0 Å². The number of carbonyl (C=O) groups is 1. The van der Waals surface area contributed by atoms with Crippen LogP contribution < -0.4 is 5.32 Å². The van der Waals surface area contributed by atoms with Gasteiger partial charge in [-0.15, -0.1) is 0 Å². The van der Waals surface area contributed by atoms with E-state index < -0.39 is 0 Å². The van der Waals surface area contributed by atoms with Crippen LogP contribution in [0.25, 0.3) is 0 Å². The van der Waals surface area contributed by atoms with Crippen molar-refractivity contribution in [1.82, 2.24) is 10.2 Å². The Morgan fingerprint density at radius 3 is 2.48 bits per heavy atom. The molecular weight excluding hydrogens is 260 g/mol. The van der Waals surface area contributed by atoms with Crippen molar-refractivity contribution in [2.45, 2.75) is 65.7 Å². The summed E-state index contributed by atoms with van der Waals surface area (Å²) in [5, 5.41) is 3.47. The molecule has 21 heavy (non-hydrogen) atoms. The Hall–Kier alpha value is -0.570. The van der Waals surface area contributed by atoms with Crippen LogP contribution >= 0.6 is 0 Å². The third-order valence-corrected chi connectivity index (χ3v) is 6.31. The van der Waals surface area contributed by atoms with Gasteiger partial charge < -0.3 is 10.2 Å². The van der Waals surface area contributed by atoms with Crippen LogP contribution in [0.3, 0.4) is 0 Å². The molecule has 0 aromatic rings. The van der Waals surface area contributed by atoms with E-state index in [1.54, 1.807) is 0 Å². The van der Waals surface area contributed by atoms with Gasteiger partial charge in [-0.25, -0.2) is 0 Å². The summed E-state index contributed by atoms with van der Waals surface area (Å²) in [5.41, 5.74) is 0.510. The van der Waals surface area contributed by atoms with E-state index in [4.69, 9.17) is 0 Å². The number of nitrogens with one attached hydrogen (secondary N) is 1. The minimum atomic E-state index is 0.397. The smallest absolute Gasteiger partial charge is 0.222 e. The number of hydrogen-bond donors (Lipinski definition) is 1. The number of nitrogens with zero attached hydrogens (tertiary/aromatic N) is 1. The Bertz CT molecular complexity index is 322. The Balaban J connectivity index is 1.79. The van der Waals surface area contributed by atoms with Gasteiger partial charge in [0.25, 0.3) is 0 Å². The standard InChI is InChI=1S/C18H34N2O/c1-4-18(5-2)8-11-20(12-9-18)17(21)13-15(3)16-7-6-10-19-14-16/h15-16,19H,4-14H2,1-3H3. The molecule has 2 heterocycles. The fourth-order valence-electron chi connectivity index (χ4n) is 4.12. The van der Waals surface area contributed by atoms with Gasteiger partial charge in [-0.3, -0.25) is 4.79 Å². The topological polar surface area (TPSA) is 32.3 Å². The molecule has 2 aliphatic rings. The van der Waals surface area contributed by atoms with Gasteiger partial charge in [-0.1, -0.05) is 33.6 Å². The minimum absolute atomic E-state index is 0.397. The van der Waals surface area contributed by atoms with Crippen LogP contribution in [0.1, 0.15) is 65.7 Å². The highest BCUT2D eigenvalue weighted by Crippen LogP contribution is 2.38. The van der Waals surface area contributed by atoms with Crippen molar-refractivity contribution in [2.24, 2.45) is 17.3 Å². The molecule has 122 valence electrons. The van der Waals surface area contributed by atoms with Crippen LogP contribution in [-0.4, -0.2) is 37.0 Å². The van der Waals surface area contributed by atoms with Crippen molar-refractivity contribution >= 4 is 5.91 Å². The summed E-state index contributed by atoms with van der Waals surface area (Å²) in [6.45, 7) is 11.1. The van der Waals surface area contributed by atoms with Crippen molar-refractivity contribution in [3.05, 3.63) is 0 Å². The van der Waals surface area contributed by atoms with Gasteiger partial charge in [-0.2, -0.15) is 0 Å². The summed E-state index contributed by atoms with van der Waals surface area (Å²) >= 11 is 0. The van der Waals surface area contributed by atoms with E-state index in [0.29, 0.717) is 23.2 Å². The third kappa shape index (κ3) is 4.21. The van der Waals surface area contributed by atoms with Gasteiger partial charge in [0.1, 0.15) is 0 Å². The van der Waals surface area contributed by atoms with Gasteiger partial charge in [0.05, 0.1) is 0 Å². The van der Waals surface area contributed by atoms with Crippen LogP contribution in [0, 0.1) is 17.3 Å². The minimum Gasteiger partial charge on any atom is -0.343 e. The molecule has 2 rings (SSSR count). The van der Waals surface area contributed by atoms with Crippen LogP contribution in [0.2, 0.25) is 0 Å². The molecule has 2 fully saturated rings. The molecule has 0 spiro atoms. The normalized spacial score (nSPS) is 27.4. The van der Waals surface area contributed by atoms with Gasteiger partial charge in [0.15, 0.2) is 0 Å². The Kier molecular flexibility index (Phi) is 6.09. The molecule has 2 unspecified atom stereocenters. The molecule has 3 heteroatoms. The van der Waals surface area contributed by atoms with Crippen LogP contribution in [0.4, 0.5) is 0 Å². The maximum absolute atomic E-state index is 12.5. The lowest BCUT2D eigenvalue weighted by molar-refractivity contribution is -0.135. The second kappa shape index (κ2) is 7.62. The molecule has 0 aromatic carbocycles. The maximum atomic E-state index is 12.5.